The van der Waals surface area contributed by atoms with Crippen LogP contribution in [0.2, 0.25) is 0 Å². The molecule has 0 unspecified atom stereocenters. The summed E-state index contributed by atoms with van der Waals surface area (Å²) >= 11 is 3.33. The Bertz CT molecular complexity index is 399. The van der Waals surface area contributed by atoms with Crippen LogP contribution >= 0.6 is 28.3 Å². The Morgan fingerprint density at radius 3 is 2.86 bits per heavy atom. The molecule has 14 heavy (non-hydrogen) atoms. The van der Waals surface area contributed by atoms with Gasteiger partial charge in [0, 0.05) is 4.47 Å². The lowest BCUT2D eigenvalue weighted by molar-refractivity contribution is 0.471. The van der Waals surface area contributed by atoms with Crippen LogP contribution in [0.5, 0.6) is 5.75 Å². The predicted molar refractivity (Wildman–Crippen MR) is 61.8 cm³/mol. The third-order valence-corrected chi connectivity index (χ3v) is 2.24. The molecular weight excluding hydrogens is 267 g/mol. The van der Waals surface area contributed by atoms with Crippen molar-refractivity contribution < 1.29 is 9.84 Å². The van der Waals surface area contributed by atoms with Crippen molar-refractivity contribution in [3.05, 3.63) is 46.6 Å². The maximum absolute atomic E-state index is 9.57. The summed E-state index contributed by atoms with van der Waals surface area (Å²) in [4.78, 5) is 0. The van der Waals surface area contributed by atoms with Crippen molar-refractivity contribution in [2.24, 2.45) is 0 Å². The number of allylic oxidation sites excluding steroid dienone is 2. The topological polar surface area (TPSA) is 29.5 Å². The van der Waals surface area contributed by atoms with Crippen LogP contribution in [0, 0.1) is 0 Å². The lowest BCUT2D eigenvalue weighted by Gasteiger charge is -2.05. The normalized spacial score (nSPS) is 13.1. The zero-order valence-corrected chi connectivity index (χ0v) is 9.51. The van der Waals surface area contributed by atoms with E-state index in [2.05, 4.69) is 15.9 Å². The fourth-order valence-electron chi connectivity index (χ4n) is 1.14. The summed E-state index contributed by atoms with van der Waals surface area (Å²) in [5, 5.41) is 9.57. The average Bonchev–Trinajstić information content (AvgIpc) is 2.29. The van der Waals surface area contributed by atoms with E-state index in [4.69, 9.17) is 4.74 Å². The predicted octanol–water partition coefficient (Wildman–Crippen LogP) is 3.68. The van der Waals surface area contributed by atoms with Crippen LogP contribution in [-0.2, 0) is 0 Å². The minimum Gasteiger partial charge on any atom is -0.507 e. The quantitative estimate of drug-likeness (QED) is 0.783. The molecule has 1 aromatic rings. The van der Waals surface area contributed by atoms with Crippen LogP contribution in [0.4, 0.5) is 0 Å². The molecule has 74 valence electrons. The average molecular weight is 276 g/mol. The molecular formula is C10H8BrClO2. The number of benzene rings is 1. The van der Waals surface area contributed by atoms with E-state index in [9.17, 15) is 5.11 Å². The van der Waals surface area contributed by atoms with E-state index in [0.717, 1.165) is 4.47 Å². The lowest BCUT2D eigenvalue weighted by Crippen LogP contribution is -1.87. The Hall–Kier alpha value is -0.930. The van der Waals surface area contributed by atoms with Gasteiger partial charge in [0.1, 0.15) is 11.5 Å². The van der Waals surface area contributed by atoms with Gasteiger partial charge in [-0.15, -0.1) is 12.4 Å². The first kappa shape index (κ1) is 11.1. The Morgan fingerprint density at radius 1 is 1.29 bits per heavy atom. The summed E-state index contributed by atoms with van der Waals surface area (Å²) in [5.41, 5.74) is 0.694. The molecule has 2 rings (SSSR count). The van der Waals surface area contributed by atoms with Gasteiger partial charge in [0.15, 0.2) is 0 Å². The maximum atomic E-state index is 9.57. The van der Waals surface area contributed by atoms with Crippen molar-refractivity contribution in [1.29, 1.82) is 0 Å². The highest BCUT2D eigenvalue weighted by Crippen LogP contribution is 2.29. The lowest BCUT2D eigenvalue weighted by atomic mass is 10.1. The number of ether oxygens (including phenoxy) is 1. The summed E-state index contributed by atoms with van der Waals surface area (Å²) in [6.45, 7) is 0. The molecule has 0 radical (unpaired) electrons. The fraction of sp³-hybridized carbons (Fsp3) is 0. The third kappa shape index (κ3) is 2.11. The number of fused-ring (bicyclic) bond motifs is 1. The number of halogens is 2. The molecule has 0 atom stereocenters. The van der Waals surface area contributed by atoms with E-state index >= 15 is 0 Å². The van der Waals surface area contributed by atoms with E-state index in [1.165, 1.54) is 6.26 Å². The van der Waals surface area contributed by atoms with E-state index in [1.807, 2.05) is 12.1 Å². The molecule has 4 heteroatoms. The van der Waals surface area contributed by atoms with Gasteiger partial charge >= 0.3 is 0 Å². The Morgan fingerprint density at radius 2 is 2.07 bits per heavy atom. The van der Waals surface area contributed by atoms with Gasteiger partial charge in [-0.2, -0.15) is 0 Å². The van der Waals surface area contributed by atoms with E-state index in [-0.39, 0.29) is 18.2 Å². The third-order valence-electron chi connectivity index (χ3n) is 1.75. The van der Waals surface area contributed by atoms with Gasteiger partial charge in [-0.25, -0.2) is 0 Å². The first-order valence-corrected chi connectivity index (χ1v) is 4.59. The highest BCUT2D eigenvalue weighted by molar-refractivity contribution is 9.10. The van der Waals surface area contributed by atoms with Crippen molar-refractivity contribution in [3.8, 4) is 5.75 Å². The van der Waals surface area contributed by atoms with E-state index in [1.54, 1.807) is 18.2 Å². The first-order chi connectivity index (χ1) is 6.27. The van der Waals surface area contributed by atoms with Gasteiger partial charge < -0.3 is 9.84 Å². The number of hydrogen-bond donors (Lipinski definition) is 1. The summed E-state index contributed by atoms with van der Waals surface area (Å²) in [7, 11) is 0. The summed E-state index contributed by atoms with van der Waals surface area (Å²) in [6.07, 6.45) is 4.79. The van der Waals surface area contributed by atoms with Gasteiger partial charge in [-0.05, 0) is 30.4 Å². The Labute approximate surface area is 96.4 Å². The maximum Gasteiger partial charge on any atom is 0.137 e. The number of aliphatic hydroxyl groups is 1. The van der Waals surface area contributed by atoms with Crippen LogP contribution in [0.25, 0.3) is 5.76 Å². The van der Waals surface area contributed by atoms with E-state index in [0.29, 0.717) is 11.3 Å². The molecule has 1 heterocycles. The molecule has 1 aromatic carbocycles. The SMILES string of the molecule is Cl.OC1=CC=COc2ccc(Br)cc21. The Kier molecular flexibility index (Phi) is 3.61. The standard InChI is InChI=1S/C10H7BrO2.ClH/c11-7-3-4-10-8(6-7)9(12)2-1-5-13-10;/h1-6,12H;1H. The van der Waals surface area contributed by atoms with Gasteiger partial charge in [0.2, 0.25) is 0 Å². The second-order valence-electron chi connectivity index (χ2n) is 2.64. The molecule has 0 fully saturated rings. The van der Waals surface area contributed by atoms with Crippen LogP contribution < -0.4 is 4.74 Å². The molecule has 0 saturated carbocycles. The summed E-state index contributed by atoms with van der Waals surface area (Å²) in [6, 6.07) is 5.48. The number of aliphatic hydroxyl groups excluding tert-OH is 1. The first-order valence-electron chi connectivity index (χ1n) is 3.80. The molecule has 1 N–H and O–H groups in total. The van der Waals surface area contributed by atoms with E-state index < -0.39 is 0 Å². The summed E-state index contributed by atoms with van der Waals surface area (Å²) < 4.78 is 6.17. The monoisotopic (exact) mass is 274 g/mol. The second kappa shape index (κ2) is 4.53. The largest absolute Gasteiger partial charge is 0.507 e. The molecule has 0 aromatic heterocycles. The second-order valence-corrected chi connectivity index (χ2v) is 3.55. The van der Waals surface area contributed by atoms with Gasteiger partial charge in [0.25, 0.3) is 0 Å². The number of rotatable bonds is 0. The molecule has 0 bridgehead atoms. The van der Waals surface area contributed by atoms with Crippen LogP contribution in [0.3, 0.4) is 0 Å². The van der Waals surface area contributed by atoms with Gasteiger partial charge in [-0.3, -0.25) is 0 Å². The fourth-order valence-corrected chi connectivity index (χ4v) is 1.50. The number of hydrogen-bond acceptors (Lipinski definition) is 2. The highest BCUT2D eigenvalue weighted by atomic mass is 79.9. The van der Waals surface area contributed by atoms with Gasteiger partial charge in [-0.1, -0.05) is 15.9 Å². The molecule has 0 spiro atoms. The van der Waals surface area contributed by atoms with Crippen molar-refractivity contribution in [3.63, 3.8) is 0 Å². The molecule has 0 aliphatic carbocycles. The smallest absolute Gasteiger partial charge is 0.137 e. The zero-order valence-electron chi connectivity index (χ0n) is 7.11. The molecule has 1 aliphatic heterocycles. The highest BCUT2D eigenvalue weighted by Gasteiger charge is 2.09. The van der Waals surface area contributed by atoms with Crippen LogP contribution in [0.1, 0.15) is 5.56 Å². The molecule has 0 amide bonds. The summed E-state index contributed by atoms with van der Waals surface area (Å²) in [5.74, 6) is 0.871. The van der Waals surface area contributed by atoms with Crippen molar-refractivity contribution >= 4 is 34.1 Å². The van der Waals surface area contributed by atoms with Gasteiger partial charge in [0.05, 0.1) is 11.8 Å². The van der Waals surface area contributed by atoms with Crippen LogP contribution in [-0.4, -0.2) is 5.11 Å². The van der Waals surface area contributed by atoms with Crippen molar-refractivity contribution in [1.82, 2.24) is 0 Å². The minimum absolute atomic E-state index is 0. The minimum atomic E-state index is 0. The van der Waals surface area contributed by atoms with Crippen molar-refractivity contribution in [2.45, 2.75) is 0 Å². The molecule has 2 nitrogen and oxygen atoms in total. The molecule has 1 aliphatic rings. The molecule has 0 saturated heterocycles. The zero-order chi connectivity index (χ0) is 9.26. The van der Waals surface area contributed by atoms with Crippen LogP contribution in [0.15, 0.2) is 41.1 Å². The van der Waals surface area contributed by atoms with Crippen molar-refractivity contribution in [2.75, 3.05) is 0 Å². The Balaban J connectivity index is 0.000000980.